The van der Waals surface area contributed by atoms with Crippen LogP contribution >= 0.6 is 0 Å². The number of nitrogens with zero attached hydrogens (tertiary/aromatic N) is 3. The van der Waals surface area contributed by atoms with Gasteiger partial charge in [0.2, 0.25) is 5.91 Å². The first kappa shape index (κ1) is 23.3. The van der Waals surface area contributed by atoms with Crippen molar-refractivity contribution in [3.63, 3.8) is 0 Å². The van der Waals surface area contributed by atoms with Gasteiger partial charge in [0.25, 0.3) is 0 Å². The van der Waals surface area contributed by atoms with Gasteiger partial charge in [0, 0.05) is 52.5 Å². The van der Waals surface area contributed by atoms with Gasteiger partial charge in [0.05, 0.1) is 12.6 Å². The van der Waals surface area contributed by atoms with Gasteiger partial charge < -0.3 is 10.2 Å². The van der Waals surface area contributed by atoms with E-state index < -0.39 is 0 Å². The molecule has 31 heavy (non-hydrogen) atoms. The summed E-state index contributed by atoms with van der Waals surface area (Å²) >= 11 is 0. The van der Waals surface area contributed by atoms with Crippen molar-refractivity contribution in [2.45, 2.75) is 39.3 Å². The van der Waals surface area contributed by atoms with E-state index in [0.717, 1.165) is 45.6 Å². The van der Waals surface area contributed by atoms with Gasteiger partial charge in [-0.25, -0.2) is 0 Å². The van der Waals surface area contributed by atoms with Crippen LogP contribution in [0.3, 0.4) is 0 Å². The van der Waals surface area contributed by atoms with Gasteiger partial charge in [-0.05, 0) is 42.2 Å². The molecule has 1 aliphatic rings. The highest BCUT2D eigenvalue weighted by Gasteiger charge is 2.20. The normalized spacial score (nSPS) is 16.1. The quantitative estimate of drug-likeness (QED) is 0.669. The van der Waals surface area contributed by atoms with Crippen LogP contribution in [0.25, 0.3) is 0 Å². The summed E-state index contributed by atoms with van der Waals surface area (Å²) in [6.07, 6.45) is 2.26. The van der Waals surface area contributed by atoms with Crippen molar-refractivity contribution < 1.29 is 4.79 Å². The van der Waals surface area contributed by atoms with Gasteiger partial charge in [-0.15, -0.1) is 0 Å². The fourth-order valence-electron chi connectivity index (χ4n) is 4.10. The number of hydrogen-bond donors (Lipinski definition) is 1. The molecule has 0 aliphatic carbocycles. The molecule has 2 aromatic carbocycles. The van der Waals surface area contributed by atoms with Crippen LogP contribution in [0, 0.1) is 0 Å². The number of carbonyl (C=O) groups excluding carboxylic acids is 1. The summed E-state index contributed by atoms with van der Waals surface area (Å²) in [7, 11) is 4.13. The van der Waals surface area contributed by atoms with Crippen molar-refractivity contribution in [1.82, 2.24) is 15.1 Å². The Bertz CT molecular complexity index is 808. The van der Waals surface area contributed by atoms with E-state index >= 15 is 0 Å². The average molecular weight is 423 g/mol. The van der Waals surface area contributed by atoms with E-state index in [1.54, 1.807) is 0 Å². The molecular weight excluding hydrogens is 384 g/mol. The molecule has 1 atom stereocenters. The zero-order valence-electron chi connectivity index (χ0n) is 19.6. The minimum atomic E-state index is 0.0367. The summed E-state index contributed by atoms with van der Waals surface area (Å²) < 4.78 is 0. The Morgan fingerprint density at radius 1 is 0.935 bits per heavy atom. The van der Waals surface area contributed by atoms with Crippen LogP contribution in [0.5, 0.6) is 0 Å². The first-order valence-corrected chi connectivity index (χ1v) is 11.5. The Balaban J connectivity index is 1.40. The van der Waals surface area contributed by atoms with Crippen LogP contribution in [0.15, 0.2) is 48.5 Å². The lowest BCUT2D eigenvalue weighted by Gasteiger charge is -2.34. The molecular formula is C26H38N4O. The predicted molar refractivity (Wildman–Crippen MR) is 129 cm³/mol. The standard InChI is InChI=1S/C26H38N4O/c1-5-6-22-7-11-24(12-8-22)21(2)27-26(31)20-30-17-15-29(16-18-30)19-23-9-13-25(14-10-23)28(3)4/h7-14,21H,5-6,15-20H2,1-4H3,(H,27,31). The second-order valence-electron chi connectivity index (χ2n) is 8.89. The molecule has 1 fully saturated rings. The second kappa shape index (κ2) is 11.3. The Labute approximate surface area is 188 Å². The van der Waals surface area contributed by atoms with Crippen LogP contribution in [0.2, 0.25) is 0 Å². The fourth-order valence-corrected chi connectivity index (χ4v) is 4.10. The van der Waals surface area contributed by atoms with Crippen LogP contribution in [0.1, 0.15) is 43.0 Å². The maximum atomic E-state index is 12.6. The maximum absolute atomic E-state index is 12.6. The van der Waals surface area contributed by atoms with Crippen molar-refractivity contribution in [2.75, 3.05) is 51.7 Å². The molecule has 5 heteroatoms. The number of nitrogens with one attached hydrogen (secondary N) is 1. The topological polar surface area (TPSA) is 38.8 Å². The van der Waals surface area contributed by atoms with Crippen molar-refractivity contribution in [1.29, 1.82) is 0 Å². The summed E-state index contributed by atoms with van der Waals surface area (Å²) in [6.45, 7) is 9.56. The second-order valence-corrected chi connectivity index (χ2v) is 8.89. The summed E-state index contributed by atoms with van der Waals surface area (Å²) in [5.41, 5.74) is 5.09. The zero-order chi connectivity index (χ0) is 22.2. The molecule has 1 heterocycles. The Morgan fingerprint density at radius 3 is 2.10 bits per heavy atom. The monoisotopic (exact) mass is 422 g/mol. The third-order valence-corrected chi connectivity index (χ3v) is 6.09. The van der Waals surface area contributed by atoms with Gasteiger partial charge >= 0.3 is 0 Å². The highest BCUT2D eigenvalue weighted by atomic mass is 16.2. The number of benzene rings is 2. The lowest BCUT2D eigenvalue weighted by Crippen LogP contribution is -2.49. The zero-order valence-corrected chi connectivity index (χ0v) is 19.6. The molecule has 1 saturated heterocycles. The molecule has 1 N–H and O–H groups in total. The van der Waals surface area contributed by atoms with E-state index in [2.05, 4.69) is 96.5 Å². The van der Waals surface area contributed by atoms with Crippen LogP contribution < -0.4 is 10.2 Å². The number of rotatable bonds is 9. The Kier molecular flexibility index (Phi) is 8.50. The predicted octanol–water partition coefficient (Wildman–Crippen LogP) is 3.70. The lowest BCUT2D eigenvalue weighted by atomic mass is 10.0. The van der Waals surface area contributed by atoms with Gasteiger partial charge in [-0.2, -0.15) is 0 Å². The van der Waals surface area contributed by atoms with Crippen molar-refractivity contribution in [3.05, 3.63) is 65.2 Å². The molecule has 1 aliphatic heterocycles. The van der Waals surface area contributed by atoms with E-state index in [1.807, 2.05) is 0 Å². The summed E-state index contributed by atoms with van der Waals surface area (Å²) in [5, 5.41) is 3.16. The molecule has 1 unspecified atom stereocenters. The highest BCUT2D eigenvalue weighted by Crippen LogP contribution is 2.16. The summed E-state index contributed by atoms with van der Waals surface area (Å²) in [6, 6.07) is 17.4. The molecule has 0 saturated carbocycles. The molecule has 2 aromatic rings. The van der Waals surface area contributed by atoms with Crippen molar-refractivity contribution in [2.24, 2.45) is 0 Å². The van der Waals surface area contributed by atoms with E-state index in [0.29, 0.717) is 6.54 Å². The maximum Gasteiger partial charge on any atom is 0.234 e. The molecule has 0 aromatic heterocycles. The number of hydrogen-bond acceptors (Lipinski definition) is 4. The summed E-state index contributed by atoms with van der Waals surface area (Å²) in [4.78, 5) is 19.4. The molecule has 168 valence electrons. The summed E-state index contributed by atoms with van der Waals surface area (Å²) in [5.74, 6) is 0.109. The van der Waals surface area contributed by atoms with E-state index in [9.17, 15) is 4.79 Å². The van der Waals surface area contributed by atoms with E-state index in [-0.39, 0.29) is 11.9 Å². The highest BCUT2D eigenvalue weighted by molar-refractivity contribution is 5.78. The molecule has 1 amide bonds. The van der Waals surface area contributed by atoms with E-state index in [1.165, 1.54) is 22.4 Å². The van der Waals surface area contributed by atoms with Crippen LogP contribution in [-0.4, -0.2) is 62.5 Å². The van der Waals surface area contributed by atoms with Crippen LogP contribution in [-0.2, 0) is 17.8 Å². The van der Waals surface area contributed by atoms with Gasteiger partial charge in [-0.1, -0.05) is 49.7 Å². The van der Waals surface area contributed by atoms with Crippen molar-refractivity contribution in [3.8, 4) is 0 Å². The first-order chi connectivity index (χ1) is 14.9. The number of anilines is 1. The van der Waals surface area contributed by atoms with Gasteiger partial charge in [0.1, 0.15) is 0 Å². The third-order valence-electron chi connectivity index (χ3n) is 6.09. The smallest absolute Gasteiger partial charge is 0.234 e. The Morgan fingerprint density at radius 2 is 1.52 bits per heavy atom. The Hall–Kier alpha value is -2.37. The largest absolute Gasteiger partial charge is 0.378 e. The molecule has 0 bridgehead atoms. The first-order valence-electron chi connectivity index (χ1n) is 11.5. The SMILES string of the molecule is CCCc1ccc(C(C)NC(=O)CN2CCN(Cc3ccc(N(C)C)cc3)CC2)cc1. The number of carbonyl (C=O) groups is 1. The minimum absolute atomic E-state index is 0.0367. The molecule has 0 radical (unpaired) electrons. The van der Waals surface area contributed by atoms with Gasteiger partial charge in [-0.3, -0.25) is 14.6 Å². The van der Waals surface area contributed by atoms with Crippen LogP contribution in [0.4, 0.5) is 5.69 Å². The van der Waals surface area contributed by atoms with Crippen molar-refractivity contribution >= 4 is 11.6 Å². The minimum Gasteiger partial charge on any atom is -0.378 e. The number of amides is 1. The van der Waals surface area contributed by atoms with Gasteiger partial charge in [0.15, 0.2) is 0 Å². The third kappa shape index (κ3) is 7.08. The average Bonchev–Trinajstić information content (AvgIpc) is 2.76. The number of aryl methyl sites for hydroxylation is 1. The van der Waals surface area contributed by atoms with E-state index in [4.69, 9.17) is 0 Å². The number of piperazine rings is 1. The molecule has 0 spiro atoms. The fraction of sp³-hybridized carbons (Fsp3) is 0.500. The molecule has 3 rings (SSSR count). The lowest BCUT2D eigenvalue weighted by molar-refractivity contribution is -0.123. The molecule has 5 nitrogen and oxygen atoms in total.